The Balaban J connectivity index is 2.37. The second-order valence-corrected chi connectivity index (χ2v) is 6.86. The van der Waals surface area contributed by atoms with Gasteiger partial charge in [0, 0.05) is 24.1 Å². The van der Waals surface area contributed by atoms with Crippen molar-refractivity contribution < 1.29 is 13.2 Å². The molecule has 0 aliphatic rings. The van der Waals surface area contributed by atoms with E-state index >= 15 is 0 Å². The summed E-state index contributed by atoms with van der Waals surface area (Å²) in [4.78, 5) is 15.5. The molecule has 0 atom stereocenters. The lowest BCUT2D eigenvalue weighted by Gasteiger charge is -2.03. The van der Waals surface area contributed by atoms with E-state index in [1.807, 2.05) is 0 Å². The zero-order chi connectivity index (χ0) is 16.3. The SMILES string of the molecule is Cc1cc(-c2ncn(/C=C\C(=O)CN)n2)cc(S(C)(=O)=O)c1. The maximum absolute atomic E-state index is 11.7. The Hall–Kier alpha value is -2.32. The van der Waals surface area contributed by atoms with E-state index in [0.29, 0.717) is 11.4 Å². The van der Waals surface area contributed by atoms with Gasteiger partial charge in [-0.15, -0.1) is 5.10 Å². The monoisotopic (exact) mass is 320 g/mol. The van der Waals surface area contributed by atoms with Crippen molar-refractivity contribution in [2.24, 2.45) is 5.73 Å². The molecule has 2 rings (SSSR count). The van der Waals surface area contributed by atoms with Crippen molar-refractivity contribution in [2.45, 2.75) is 11.8 Å². The average Bonchev–Trinajstić information content (AvgIpc) is 2.92. The minimum atomic E-state index is -3.31. The summed E-state index contributed by atoms with van der Waals surface area (Å²) in [6.45, 7) is 1.72. The molecule has 1 aromatic carbocycles. The summed E-state index contributed by atoms with van der Waals surface area (Å²) in [5.74, 6) is 0.144. The summed E-state index contributed by atoms with van der Waals surface area (Å²) in [7, 11) is -3.31. The molecular formula is C14H16N4O3S. The number of rotatable bonds is 5. The van der Waals surface area contributed by atoms with Gasteiger partial charge in [0.25, 0.3) is 0 Å². The Morgan fingerprint density at radius 3 is 2.73 bits per heavy atom. The Bertz CT molecular complexity index is 838. The second kappa shape index (κ2) is 6.20. The highest BCUT2D eigenvalue weighted by atomic mass is 32.2. The molecule has 0 saturated carbocycles. The molecule has 0 radical (unpaired) electrons. The highest BCUT2D eigenvalue weighted by molar-refractivity contribution is 7.90. The van der Waals surface area contributed by atoms with Gasteiger partial charge in [-0.25, -0.2) is 18.1 Å². The topological polar surface area (TPSA) is 108 Å². The highest BCUT2D eigenvalue weighted by Crippen LogP contribution is 2.21. The Morgan fingerprint density at radius 1 is 1.36 bits per heavy atom. The van der Waals surface area contributed by atoms with E-state index in [1.165, 1.54) is 29.4 Å². The van der Waals surface area contributed by atoms with Crippen LogP contribution in [0.2, 0.25) is 0 Å². The van der Waals surface area contributed by atoms with E-state index in [1.54, 1.807) is 19.1 Å². The Labute approximate surface area is 128 Å². The van der Waals surface area contributed by atoms with Crippen molar-refractivity contribution >= 4 is 21.8 Å². The van der Waals surface area contributed by atoms with Crippen molar-refractivity contribution in [3.05, 3.63) is 36.2 Å². The Kier molecular flexibility index (Phi) is 4.53. The van der Waals surface area contributed by atoms with Crippen LogP contribution in [-0.2, 0) is 14.6 Å². The number of carbonyl (C=O) groups is 1. The number of sulfone groups is 1. The molecule has 2 N–H and O–H groups in total. The third kappa shape index (κ3) is 3.86. The van der Waals surface area contributed by atoms with Crippen LogP contribution in [0.5, 0.6) is 0 Å². The minimum absolute atomic E-state index is 0.0757. The number of ketones is 1. The predicted molar refractivity (Wildman–Crippen MR) is 82.7 cm³/mol. The molecule has 0 saturated heterocycles. The molecule has 0 spiro atoms. The molecule has 1 heterocycles. The summed E-state index contributed by atoms with van der Waals surface area (Å²) in [6, 6.07) is 4.91. The van der Waals surface area contributed by atoms with Gasteiger partial charge in [-0.3, -0.25) is 4.79 Å². The number of carbonyl (C=O) groups excluding carboxylic acids is 1. The first-order valence-corrected chi connectivity index (χ1v) is 8.33. The lowest BCUT2D eigenvalue weighted by molar-refractivity contribution is -0.113. The molecule has 8 heteroatoms. The number of hydrogen-bond acceptors (Lipinski definition) is 6. The molecule has 7 nitrogen and oxygen atoms in total. The molecule has 1 aromatic heterocycles. The molecule has 0 fully saturated rings. The van der Waals surface area contributed by atoms with Crippen LogP contribution in [0.3, 0.4) is 0 Å². The normalized spacial score (nSPS) is 12.0. The highest BCUT2D eigenvalue weighted by Gasteiger charge is 2.12. The molecule has 22 heavy (non-hydrogen) atoms. The fourth-order valence-electron chi connectivity index (χ4n) is 1.80. The van der Waals surface area contributed by atoms with Crippen LogP contribution < -0.4 is 5.73 Å². The van der Waals surface area contributed by atoms with Crippen LogP contribution in [0.25, 0.3) is 17.6 Å². The van der Waals surface area contributed by atoms with Gasteiger partial charge in [0.05, 0.1) is 11.4 Å². The van der Waals surface area contributed by atoms with Gasteiger partial charge in [0.2, 0.25) is 0 Å². The molecule has 0 aliphatic carbocycles. The number of benzene rings is 1. The first kappa shape index (κ1) is 16.1. The van der Waals surface area contributed by atoms with Crippen LogP contribution >= 0.6 is 0 Å². The Morgan fingerprint density at radius 2 is 2.09 bits per heavy atom. The van der Waals surface area contributed by atoms with Crippen LogP contribution in [0, 0.1) is 6.92 Å². The smallest absolute Gasteiger partial charge is 0.181 e. The van der Waals surface area contributed by atoms with Gasteiger partial charge in [-0.05, 0) is 30.7 Å². The van der Waals surface area contributed by atoms with E-state index in [-0.39, 0.29) is 17.2 Å². The maximum atomic E-state index is 11.7. The molecule has 0 amide bonds. The van der Waals surface area contributed by atoms with Crippen LogP contribution in [0.15, 0.2) is 35.5 Å². The summed E-state index contributed by atoms with van der Waals surface area (Å²) < 4.78 is 24.7. The zero-order valence-electron chi connectivity index (χ0n) is 12.2. The van der Waals surface area contributed by atoms with Gasteiger partial charge >= 0.3 is 0 Å². The average molecular weight is 320 g/mol. The van der Waals surface area contributed by atoms with Crippen molar-refractivity contribution in [2.75, 3.05) is 12.8 Å². The van der Waals surface area contributed by atoms with Crippen LogP contribution in [0.1, 0.15) is 5.56 Å². The number of nitrogens with zero attached hydrogens (tertiary/aromatic N) is 3. The quantitative estimate of drug-likeness (QED) is 0.811. The molecule has 2 aromatic rings. The van der Waals surface area contributed by atoms with E-state index in [4.69, 9.17) is 5.73 Å². The fourth-order valence-corrected chi connectivity index (χ4v) is 2.54. The largest absolute Gasteiger partial charge is 0.324 e. The second-order valence-electron chi connectivity index (χ2n) is 4.84. The van der Waals surface area contributed by atoms with Crippen LogP contribution in [0.4, 0.5) is 0 Å². The van der Waals surface area contributed by atoms with E-state index in [2.05, 4.69) is 10.1 Å². The van der Waals surface area contributed by atoms with Gasteiger partial charge in [0.1, 0.15) is 6.33 Å². The molecule has 0 bridgehead atoms. The summed E-state index contributed by atoms with van der Waals surface area (Å²) >= 11 is 0. The van der Waals surface area contributed by atoms with Gasteiger partial charge in [0.15, 0.2) is 21.4 Å². The molecule has 0 aliphatic heterocycles. The van der Waals surface area contributed by atoms with Gasteiger partial charge < -0.3 is 5.73 Å². The summed E-state index contributed by atoms with van der Waals surface area (Å²) in [6.07, 6.45) is 5.33. The van der Waals surface area contributed by atoms with Gasteiger partial charge in [-0.2, -0.15) is 0 Å². The van der Waals surface area contributed by atoms with Crippen molar-refractivity contribution in [1.29, 1.82) is 0 Å². The third-order valence-corrected chi connectivity index (χ3v) is 3.95. The lowest BCUT2D eigenvalue weighted by atomic mass is 10.1. The van der Waals surface area contributed by atoms with Crippen molar-refractivity contribution in [3.63, 3.8) is 0 Å². The number of nitrogens with two attached hydrogens (primary N) is 1. The van der Waals surface area contributed by atoms with E-state index in [9.17, 15) is 13.2 Å². The van der Waals surface area contributed by atoms with E-state index in [0.717, 1.165) is 11.8 Å². The molecular weight excluding hydrogens is 304 g/mol. The van der Waals surface area contributed by atoms with Crippen molar-refractivity contribution in [1.82, 2.24) is 14.8 Å². The van der Waals surface area contributed by atoms with Gasteiger partial charge in [-0.1, -0.05) is 0 Å². The first-order chi connectivity index (χ1) is 10.3. The van der Waals surface area contributed by atoms with E-state index < -0.39 is 9.84 Å². The zero-order valence-corrected chi connectivity index (χ0v) is 13.0. The number of aryl methyl sites for hydroxylation is 1. The predicted octanol–water partition coefficient (Wildman–Crippen LogP) is 0.656. The molecule has 116 valence electrons. The standard InChI is InChI=1S/C14H16N4O3S/c1-10-5-11(7-13(6-10)22(2,20)21)14-16-9-18(17-14)4-3-12(19)8-15/h3-7,9H,8,15H2,1-2H3/b4-3-. The van der Waals surface area contributed by atoms with Crippen LogP contribution in [-0.4, -0.2) is 41.8 Å². The summed E-state index contributed by atoms with van der Waals surface area (Å²) in [5.41, 5.74) is 6.59. The minimum Gasteiger partial charge on any atom is -0.324 e. The maximum Gasteiger partial charge on any atom is 0.181 e. The fraction of sp³-hybridized carbons (Fsp3) is 0.214. The summed E-state index contributed by atoms with van der Waals surface area (Å²) in [5, 5.41) is 4.18. The first-order valence-electron chi connectivity index (χ1n) is 6.44. The molecule has 0 unspecified atom stereocenters. The van der Waals surface area contributed by atoms with Crippen molar-refractivity contribution in [3.8, 4) is 11.4 Å². The number of hydrogen-bond donors (Lipinski definition) is 1. The number of aromatic nitrogens is 3. The lowest BCUT2D eigenvalue weighted by Crippen LogP contribution is -2.10. The third-order valence-electron chi connectivity index (χ3n) is 2.86.